The van der Waals surface area contributed by atoms with Crippen LogP contribution in [0.1, 0.15) is 13.8 Å². The van der Waals surface area contributed by atoms with Crippen LogP contribution < -0.4 is 0 Å². The van der Waals surface area contributed by atoms with Crippen molar-refractivity contribution < 1.29 is 29.0 Å². The number of hydrogen-bond acceptors (Lipinski definition) is 5. The molecule has 0 heterocycles. The van der Waals surface area contributed by atoms with Crippen molar-refractivity contribution in [3.63, 3.8) is 0 Å². The summed E-state index contributed by atoms with van der Waals surface area (Å²) in [5.41, 5.74) is 0. The standard InChI is InChI=1S/2C4H6O2.CH2O2/c2*1-3-6-4(2)5;2-1-3/h2*3H,1H2,2H3;1H,(H,2,3). The van der Waals surface area contributed by atoms with E-state index in [0.29, 0.717) is 0 Å². The summed E-state index contributed by atoms with van der Waals surface area (Å²) in [6.07, 6.45) is 2.20. The molecular weight excluding hydrogens is 204 g/mol. The van der Waals surface area contributed by atoms with E-state index in [4.69, 9.17) is 9.90 Å². The topological polar surface area (TPSA) is 89.9 Å². The summed E-state index contributed by atoms with van der Waals surface area (Å²) in [6, 6.07) is 0. The van der Waals surface area contributed by atoms with Crippen LogP contribution in [0.2, 0.25) is 0 Å². The number of carboxylic acid groups (broad SMARTS) is 1. The van der Waals surface area contributed by atoms with Gasteiger partial charge in [0, 0.05) is 13.8 Å². The van der Waals surface area contributed by atoms with Gasteiger partial charge in [-0.05, 0) is 0 Å². The van der Waals surface area contributed by atoms with E-state index in [0.717, 1.165) is 12.5 Å². The zero-order valence-electron chi connectivity index (χ0n) is 8.63. The average molecular weight is 218 g/mol. The fraction of sp³-hybridized carbons (Fsp3) is 0.222. The second-order valence-electron chi connectivity index (χ2n) is 1.66. The molecule has 86 valence electrons. The van der Waals surface area contributed by atoms with Crippen LogP contribution in [-0.4, -0.2) is 23.5 Å². The van der Waals surface area contributed by atoms with Crippen molar-refractivity contribution in [2.45, 2.75) is 13.8 Å². The lowest BCUT2D eigenvalue weighted by Gasteiger charge is -1.83. The third-order valence-electron chi connectivity index (χ3n) is 0.499. The molecule has 0 amide bonds. The third-order valence-corrected chi connectivity index (χ3v) is 0.499. The molecule has 0 aliphatic heterocycles. The Bertz CT molecular complexity index is 189. The molecule has 0 bridgehead atoms. The minimum Gasteiger partial charge on any atom is -0.483 e. The lowest BCUT2D eigenvalue weighted by Crippen LogP contribution is -1.87. The maximum absolute atomic E-state index is 9.75. The van der Waals surface area contributed by atoms with Crippen LogP contribution in [0.25, 0.3) is 0 Å². The Morgan fingerprint density at radius 3 is 1.27 bits per heavy atom. The number of hydrogen-bond donors (Lipinski definition) is 1. The van der Waals surface area contributed by atoms with Gasteiger partial charge in [0.1, 0.15) is 0 Å². The molecule has 0 saturated heterocycles. The Kier molecular flexibility index (Phi) is 22.2. The number of ether oxygens (including phenoxy) is 2. The van der Waals surface area contributed by atoms with E-state index in [1.807, 2.05) is 0 Å². The van der Waals surface area contributed by atoms with Crippen LogP contribution in [0.15, 0.2) is 25.7 Å². The Morgan fingerprint density at radius 2 is 1.27 bits per heavy atom. The zero-order valence-corrected chi connectivity index (χ0v) is 8.63. The normalized spacial score (nSPS) is 6.27. The Hall–Kier alpha value is -2.11. The van der Waals surface area contributed by atoms with Gasteiger partial charge in [0.25, 0.3) is 6.47 Å². The number of esters is 2. The van der Waals surface area contributed by atoms with E-state index in [1.54, 1.807) is 0 Å². The van der Waals surface area contributed by atoms with E-state index < -0.39 is 0 Å². The van der Waals surface area contributed by atoms with Gasteiger partial charge in [0.2, 0.25) is 0 Å². The molecule has 0 aliphatic rings. The first-order valence-electron chi connectivity index (χ1n) is 3.60. The first-order chi connectivity index (χ1) is 6.95. The fourth-order valence-electron chi connectivity index (χ4n) is 0.235. The molecular formula is C9H14O6. The molecule has 0 spiro atoms. The van der Waals surface area contributed by atoms with Gasteiger partial charge in [-0.3, -0.25) is 14.4 Å². The SMILES string of the molecule is C=COC(C)=O.C=COC(C)=O.O=CO. The Labute approximate surface area is 87.8 Å². The van der Waals surface area contributed by atoms with Crippen LogP contribution in [0.4, 0.5) is 0 Å². The fourth-order valence-corrected chi connectivity index (χ4v) is 0.235. The van der Waals surface area contributed by atoms with Crippen LogP contribution >= 0.6 is 0 Å². The number of rotatable bonds is 2. The maximum Gasteiger partial charge on any atom is 0.307 e. The average Bonchev–Trinajstić information content (AvgIpc) is 2.05. The molecule has 0 radical (unpaired) electrons. The van der Waals surface area contributed by atoms with E-state index in [2.05, 4.69) is 22.6 Å². The molecule has 0 aromatic heterocycles. The van der Waals surface area contributed by atoms with E-state index in [1.165, 1.54) is 13.8 Å². The predicted octanol–water partition coefficient (Wildman–Crippen LogP) is 1.09. The summed E-state index contributed by atoms with van der Waals surface area (Å²) in [5.74, 6) is -0.657. The van der Waals surface area contributed by atoms with Gasteiger partial charge in [0.05, 0.1) is 12.5 Å². The van der Waals surface area contributed by atoms with Crippen molar-refractivity contribution in [2.24, 2.45) is 0 Å². The van der Waals surface area contributed by atoms with Gasteiger partial charge in [-0.25, -0.2) is 0 Å². The third kappa shape index (κ3) is 76.9. The van der Waals surface area contributed by atoms with Gasteiger partial charge in [-0.2, -0.15) is 0 Å². The van der Waals surface area contributed by atoms with Crippen molar-refractivity contribution in [1.29, 1.82) is 0 Å². The smallest absolute Gasteiger partial charge is 0.307 e. The highest BCUT2D eigenvalue weighted by Crippen LogP contribution is 1.70. The summed E-state index contributed by atoms with van der Waals surface area (Å²) in [5, 5.41) is 6.89. The van der Waals surface area contributed by atoms with Gasteiger partial charge in [0.15, 0.2) is 0 Å². The summed E-state index contributed by atoms with van der Waals surface area (Å²) < 4.78 is 8.33. The lowest BCUT2D eigenvalue weighted by molar-refractivity contribution is -0.136. The van der Waals surface area contributed by atoms with Crippen LogP contribution in [0, 0.1) is 0 Å². The summed E-state index contributed by atoms with van der Waals surface area (Å²) >= 11 is 0. The first kappa shape index (κ1) is 18.6. The molecule has 6 heteroatoms. The van der Waals surface area contributed by atoms with Gasteiger partial charge in [-0.1, -0.05) is 13.2 Å². The molecule has 0 fully saturated rings. The van der Waals surface area contributed by atoms with Crippen molar-refractivity contribution in [3.8, 4) is 0 Å². The van der Waals surface area contributed by atoms with E-state index in [-0.39, 0.29) is 18.4 Å². The van der Waals surface area contributed by atoms with Crippen molar-refractivity contribution in [3.05, 3.63) is 25.7 Å². The molecule has 0 aromatic rings. The minimum atomic E-state index is -0.329. The van der Waals surface area contributed by atoms with Gasteiger partial charge >= 0.3 is 11.9 Å². The van der Waals surface area contributed by atoms with Crippen molar-refractivity contribution in [1.82, 2.24) is 0 Å². The Morgan fingerprint density at radius 1 is 1.07 bits per heavy atom. The lowest BCUT2D eigenvalue weighted by atomic mass is 10.8. The largest absolute Gasteiger partial charge is 0.483 e. The molecule has 0 atom stereocenters. The molecule has 0 saturated carbocycles. The molecule has 0 aliphatic carbocycles. The summed E-state index contributed by atoms with van der Waals surface area (Å²) in [6.45, 7) is 8.71. The first-order valence-corrected chi connectivity index (χ1v) is 3.60. The van der Waals surface area contributed by atoms with E-state index in [9.17, 15) is 9.59 Å². The second-order valence-corrected chi connectivity index (χ2v) is 1.66. The van der Waals surface area contributed by atoms with Crippen molar-refractivity contribution in [2.75, 3.05) is 0 Å². The van der Waals surface area contributed by atoms with Crippen molar-refractivity contribution >= 4 is 18.4 Å². The summed E-state index contributed by atoms with van der Waals surface area (Å²) in [4.78, 5) is 27.9. The Balaban J connectivity index is -0.000000153. The summed E-state index contributed by atoms with van der Waals surface area (Å²) in [7, 11) is 0. The molecule has 1 N–H and O–H groups in total. The highest BCUT2D eigenvalue weighted by atomic mass is 16.5. The maximum atomic E-state index is 9.75. The molecule has 6 nitrogen and oxygen atoms in total. The quantitative estimate of drug-likeness (QED) is 0.424. The predicted molar refractivity (Wildman–Crippen MR) is 52.6 cm³/mol. The molecule has 0 rings (SSSR count). The number of carbonyl (C=O) groups is 3. The van der Waals surface area contributed by atoms with E-state index >= 15 is 0 Å². The number of carbonyl (C=O) groups excluding carboxylic acids is 2. The second kappa shape index (κ2) is 17.8. The highest BCUT2D eigenvalue weighted by molar-refractivity contribution is 5.66. The monoisotopic (exact) mass is 218 g/mol. The zero-order chi connectivity index (χ0) is 12.7. The van der Waals surface area contributed by atoms with Gasteiger partial charge < -0.3 is 14.6 Å². The minimum absolute atomic E-state index is 0.250. The van der Waals surface area contributed by atoms with Crippen LogP contribution in [0.3, 0.4) is 0 Å². The molecule has 0 unspecified atom stereocenters. The highest BCUT2D eigenvalue weighted by Gasteiger charge is 1.79. The van der Waals surface area contributed by atoms with Crippen LogP contribution in [0.5, 0.6) is 0 Å². The molecule has 15 heavy (non-hydrogen) atoms. The van der Waals surface area contributed by atoms with Crippen LogP contribution in [-0.2, 0) is 23.9 Å². The molecule has 0 aromatic carbocycles. The van der Waals surface area contributed by atoms with Gasteiger partial charge in [-0.15, -0.1) is 0 Å².